The fourth-order valence-electron chi connectivity index (χ4n) is 2.21. The molecule has 2 saturated carbocycles. The topological polar surface area (TPSA) is 38.7 Å². The third kappa shape index (κ3) is 4.40. The molecular weight excluding hydrogens is 313 g/mol. The summed E-state index contributed by atoms with van der Waals surface area (Å²) in [6.45, 7) is 6.30. The molecule has 0 radical (unpaired) electrons. The molecule has 5 heteroatoms. The van der Waals surface area contributed by atoms with Gasteiger partial charge in [-0.3, -0.25) is 0 Å². The van der Waals surface area contributed by atoms with Crippen LogP contribution in [0.5, 0.6) is 5.75 Å². The van der Waals surface area contributed by atoms with E-state index in [2.05, 4.69) is 4.40 Å². The zero-order valence-corrected chi connectivity index (χ0v) is 14.8. The van der Waals surface area contributed by atoms with E-state index in [-0.39, 0.29) is 11.6 Å². The highest BCUT2D eigenvalue weighted by Crippen LogP contribution is 2.36. The first-order chi connectivity index (χ1) is 10.8. The second-order valence-corrected chi connectivity index (χ2v) is 9.42. The van der Waals surface area contributed by atoms with Crippen LogP contribution < -0.4 is 4.74 Å². The Kier molecular flexibility index (Phi) is 4.59. The molecule has 126 valence electrons. The highest BCUT2D eigenvalue weighted by Gasteiger charge is 2.31. The largest absolute Gasteiger partial charge is 0.490 e. The van der Waals surface area contributed by atoms with Crippen molar-refractivity contribution in [1.29, 1.82) is 0 Å². The van der Waals surface area contributed by atoms with E-state index in [1.165, 1.54) is 18.9 Å². The molecule has 0 spiro atoms. The smallest absolute Gasteiger partial charge is 0.165 e. The van der Waals surface area contributed by atoms with E-state index in [4.69, 9.17) is 4.74 Å². The third-order valence-corrected chi connectivity index (χ3v) is 5.48. The van der Waals surface area contributed by atoms with Crippen LogP contribution in [0.2, 0.25) is 0 Å². The quantitative estimate of drug-likeness (QED) is 0.727. The highest BCUT2D eigenvalue weighted by atomic mass is 32.2. The van der Waals surface area contributed by atoms with Gasteiger partial charge in [0.05, 0.1) is 17.1 Å². The van der Waals surface area contributed by atoms with E-state index in [0.29, 0.717) is 18.4 Å². The first-order valence-corrected chi connectivity index (χ1v) is 9.38. The predicted molar refractivity (Wildman–Crippen MR) is 91.8 cm³/mol. The zero-order chi connectivity index (χ0) is 16.6. The molecule has 0 saturated heterocycles. The minimum atomic E-state index is -1.31. The molecule has 2 aliphatic carbocycles. The maximum Gasteiger partial charge on any atom is 0.165 e. The number of hydrogen-bond donors (Lipinski definition) is 0. The van der Waals surface area contributed by atoms with Gasteiger partial charge >= 0.3 is 0 Å². The Hall–Kier alpha value is -1.23. The van der Waals surface area contributed by atoms with Gasteiger partial charge < -0.3 is 4.74 Å². The molecule has 1 atom stereocenters. The lowest BCUT2D eigenvalue weighted by Crippen LogP contribution is -2.21. The van der Waals surface area contributed by atoms with E-state index in [1.54, 1.807) is 12.1 Å². The Balaban J connectivity index is 1.85. The van der Waals surface area contributed by atoms with E-state index in [1.807, 2.05) is 20.8 Å². The van der Waals surface area contributed by atoms with E-state index < -0.39 is 15.7 Å². The van der Waals surface area contributed by atoms with Crippen molar-refractivity contribution in [2.45, 2.75) is 51.2 Å². The van der Waals surface area contributed by atoms with Crippen LogP contribution >= 0.6 is 0 Å². The van der Waals surface area contributed by atoms with Crippen molar-refractivity contribution in [3.05, 3.63) is 29.6 Å². The summed E-state index contributed by atoms with van der Waals surface area (Å²) in [5, 5.41) is 0. The molecule has 0 N–H and O–H groups in total. The molecule has 1 aromatic rings. The Bertz CT molecular complexity index is 643. The summed E-state index contributed by atoms with van der Waals surface area (Å²) in [6.07, 6.45) is 4.44. The molecule has 2 fully saturated rings. The van der Waals surface area contributed by atoms with E-state index >= 15 is 0 Å². The second kappa shape index (κ2) is 6.34. The Morgan fingerprint density at radius 2 is 2.00 bits per heavy atom. The molecule has 23 heavy (non-hydrogen) atoms. The molecule has 1 unspecified atom stereocenters. The Morgan fingerprint density at radius 3 is 2.57 bits per heavy atom. The second-order valence-electron chi connectivity index (χ2n) is 7.51. The monoisotopic (exact) mass is 337 g/mol. The average Bonchev–Trinajstić information content (AvgIpc) is 3.36. The molecule has 3 nitrogen and oxygen atoms in total. The zero-order valence-electron chi connectivity index (χ0n) is 14.0. The van der Waals surface area contributed by atoms with Crippen LogP contribution in [0.1, 0.15) is 52.0 Å². The molecule has 0 bridgehead atoms. The lowest BCUT2D eigenvalue weighted by molar-refractivity contribution is 0.285. The number of halogens is 1. The van der Waals surface area contributed by atoms with Crippen molar-refractivity contribution < 1.29 is 13.3 Å². The first kappa shape index (κ1) is 16.6. The van der Waals surface area contributed by atoms with E-state index in [0.717, 1.165) is 24.1 Å². The molecule has 0 aromatic heterocycles. The summed E-state index contributed by atoms with van der Waals surface area (Å²) in [6, 6.07) is 4.86. The molecule has 0 heterocycles. The van der Waals surface area contributed by atoms with Gasteiger partial charge in [-0.1, -0.05) is 0 Å². The standard InChI is InChI=1S/C18H24FNO2S/c1-18(2,3)23(21)20-17(13-6-7-13)14-8-9-15(19)16(10-14)22-11-12-4-5-12/h8-10,12-13H,4-7,11H2,1-3H3. The molecule has 0 aliphatic heterocycles. The summed E-state index contributed by atoms with van der Waals surface area (Å²) in [5.74, 6) is 0.844. The fraction of sp³-hybridized carbons (Fsp3) is 0.611. The van der Waals surface area contributed by atoms with Gasteiger partial charge in [0, 0.05) is 11.5 Å². The first-order valence-electron chi connectivity index (χ1n) is 8.28. The molecule has 1 aromatic carbocycles. The SMILES string of the molecule is CC(C)(C)S(=O)N=C(c1ccc(F)c(OCC2CC2)c1)C1CC1. The van der Waals surface area contributed by atoms with Crippen molar-refractivity contribution in [3.8, 4) is 5.75 Å². The van der Waals surface area contributed by atoms with Crippen LogP contribution in [0.25, 0.3) is 0 Å². The van der Waals surface area contributed by atoms with Crippen molar-refractivity contribution in [2.24, 2.45) is 16.2 Å². The maximum atomic E-state index is 13.9. The van der Waals surface area contributed by atoms with Gasteiger partial charge in [-0.25, -0.2) is 8.60 Å². The lowest BCUT2D eigenvalue weighted by atomic mass is 10.1. The Labute approximate surface area is 139 Å². The number of benzene rings is 1. The maximum absolute atomic E-state index is 13.9. The highest BCUT2D eigenvalue weighted by molar-refractivity contribution is 7.85. The summed E-state index contributed by atoms with van der Waals surface area (Å²) >= 11 is 0. The summed E-state index contributed by atoms with van der Waals surface area (Å²) in [5.41, 5.74) is 1.66. The van der Waals surface area contributed by atoms with E-state index in [9.17, 15) is 8.60 Å². The Morgan fingerprint density at radius 1 is 1.30 bits per heavy atom. The van der Waals surface area contributed by atoms with Crippen LogP contribution in [-0.4, -0.2) is 21.3 Å². The van der Waals surface area contributed by atoms with Gasteiger partial charge in [0.2, 0.25) is 0 Å². The van der Waals surface area contributed by atoms with Crippen LogP contribution in [-0.2, 0) is 11.0 Å². The van der Waals surface area contributed by atoms with Crippen LogP contribution in [0.3, 0.4) is 0 Å². The van der Waals surface area contributed by atoms with Crippen LogP contribution in [0, 0.1) is 17.7 Å². The normalized spacial score (nSPS) is 20.4. The van der Waals surface area contributed by atoms with Gasteiger partial charge in [0.15, 0.2) is 11.6 Å². The molecular formula is C18H24FNO2S. The lowest BCUT2D eigenvalue weighted by Gasteiger charge is -2.16. The number of hydrogen-bond acceptors (Lipinski definition) is 2. The van der Waals surface area contributed by atoms with Gasteiger partial charge in [-0.15, -0.1) is 0 Å². The average molecular weight is 337 g/mol. The molecule has 2 aliphatic rings. The molecule has 0 amide bonds. The minimum absolute atomic E-state index is 0.282. The van der Waals surface area contributed by atoms with Crippen molar-refractivity contribution in [1.82, 2.24) is 0 Å². The van der Waals surface area contributed by atoms with Gasteiger partial charge in [-0.05, 0) is 70.6 Å². The number of rotatable bonds is 6. The number of nitrogens with zero attached hydrogens (tertiary/aromatic N) is 1. The summed E-state index contributed by atoms with van der Waals surface area (Å²) < 4.78 is 36.0. The summed E-state index contributed by atoms with van der Waals surface area (Å²) in [4.78, 5) is 0. The number of ether oxygens (including phenoxy) is 1. The predicted octanol–water partition coefficient (Wildman–Crippen LogP) is 4.28. The van der Waals surface area contributed by atoms with Crippen LogP contribution in [0.4, 0.5) is 4.39 Å². The minimum Gasteiger partial charge on any atom is -0.490 e. The molecule has 3 rings (SSSR count). The van der Waals surface area contributed by atoms with Crippen molar-refractivity contribution in [3.63, 3.8) is 0 Å². The third-order valence-electron chi connectivity index (χ3n) is 4.07. The van der Waals surface area contributed by atoms with Gasteiger partial charge in [0.25, 0.3) is 0 Å². The van der Waals surface area contributed by atoms with Gasteiger partial charge in [-0.2, -0.15) is 4.40 Å². The van der Waals surface area contributed by atoms with Crippen LogP contribution in [0.15, 0.2) is 22.6 Å². The fourth-order valence-corrected chi connectivity index (χ4v) is 2.92. The van der Waals surface area contributed by atoms with Crippen molar-refractivity contribution >= 4 is 16.7 Å². The van der Waals surface area contributed by atoms with Gasteiger partial charge in [0.1, 0.15) is 11.0 Å². The van der Waals surface area contributed by atoms with Crippen molar-refractivity contribution in [2.75, 3.05) is 6.61 Å². The summed E-state index contributed by atoms with van der Waals surface area (Å²) in [7, 11) is -1.31.